The van der Waals surface area contributed by atoms with Gasteiger partial charge in [0.2, 0.25) is 0 Å². The summed E-state index contributed by atoms with van der Waals surface area (Å²) in [6.45, 7) is 8.57. The van der Waals surface area contributed by atoms with E-state index in [0.717, 1.165) is 95.0 Å². The summed E-state index contributed by atoms with van der Waals surface area (Å²) in [4.78, 5) is 90.2. The molecule has 4 aliphatic heterocycles. The minimum Gasteiger partial charge on any atom is -0.424 e. The third kappa shape index (κ3) is 11.1. The molecule has 4 amide bonds. The van der Waals surface area contributed by atoms with Crippen molar-refractivity contribution < 1.29 is 38.2 Å². The Bertz CT molecular complexity index is 2640. The Balaban J connectivity index is 1.19. The lowest BCUT2D eigenvalue weighted by Gasteiger charge is -2.27. The van der Waals surface area contributed by atoms with E-state index in [1.165, 1.54) is 20.0 Å². The smallest absolute Gasteiger partial charge is 0.314 e. The van der Waals surface area contributed by atoms with E-state index >= 15 is 0 Å². The van der Waals surface area contributed by atoms with Crippen molar-refractivity contribution in [3.8, 4) is 11.5 Å². The molecule has 4 heterocycles. The average Bonchev–Trinajstić information content (AvgIpc) is 4.16. The minimum atomic E-state index is -0.493. The number of unbranched alkanes of at least 4 members (excludes halogenated alkanes) is 2. The van der Waals surface area contributed by atoms with E-state index in [1.807, 2.05) is 135 Å². The number of nitrogens with zero attached hydrogens (tertiary/aromatic N) is 4. The number of benzene rings is 5. The van der Waals surface area contributed by atoms with Crippen molar-refractivity contribution in [2.45, 2.75) is 125 Å². The van der Waals surface area contributed by atoms with Gasteiger partial charge in [0.05, 0.1) is 66.1 Å². The van der Waals surface area contributed by atoms with Gasteiger partial charge in [0, 0.05) is 0 Å². The second-order valence-corrected chi connectivity index (χ2v) is 23.0. The van der Waals surface area contributed by atoms with E-state index in [9.17, 15) is 28.8 Å². The lowest BCUT2D eigenvalue weighted by Crippen LogP contribution is -2.39. The third-order valence-electron chi connectivity index (χ3n) is 13.4. The number of hydrogen-bond donors (Lipinski definition) is 0. The van der Waals surface area contributed by atoms with Crippen LogP contribution < -0.4 is 9.47 Å². The fraction of sp³-hybridized carbons (Fsp3) is 0.310. The van der Waals surface area contributed by atoms with Gasteiger partial charge < -0.3 is 9.47 Å². The Kier molecular flexibility index (Phi) is 17.1. The molecule has 0 aromatic heterocycles. The standard InChI is InChI=1S/C58H58N4O8S4/c1-5-9-31-41(7-3)55(67)69-45-47-49(73-57(71-47)43-51(63)59(33-37-23-15-11-16-24-37)60(52(43)64)34-38-25-17-12-18-26-38)46(70-56(68)42(8-4)32-10-6-2)50-48(45)72-58(74-50)44-53(65)61(35-39-27-19-13-20-28-39)62(54(44)66)36-40-29-21-14-22-30-40/h11-30,41-42H,5-10,31-36H2,1-4H3. The van der Waals surface area contributed by atoms with E-state index < -0.39 is 47.4 Å². The summed E-state index contributed by atoms with van der Waals surface area (Å²) in [5, 5.41) is 5.89. The van der Waals surface area contributed by atoms with E-state index in [0.29, 0.717) is 53.7 Å². The van der Waals surface area contributed by atoms with E-state index in [4.69, 9.17) is 9.47 Å². The maximum Gasteiger partial charge on any atom is 0.314 e. The molecule has 12 nitrogen and oxygen atoms in total. The van der Waals surface area contributed by atoms with Crippen LogP contribution >= 0.6 is 47.0 Å². The summed E-state index contributed by atoms with van der Waals surface area (Å²) in [5.74, 6) is -3.44. The predicted octanol–water partition coefficient (Wildman–Crippen LogP) is 12.7. The molecular weight excluding hydrogens is 1010 g/mol. The number of hydrogen-bond acceptors (Lipinski definition) is 12. The number of carbonyl (C=O) groups excluding carboxylic acids is 6. The molecule has 0 N–H and O–H groups in total. The molecule has 16 heteroatoms. The van der Waals surface area contributed by atoms with Gasteiger partial charge in [0.25, 0.3) is 23.6 Å². The van der Waals surface area contributed by atoms with Gasteiger partial charge in [0.1, 0.15) is 11.1 Å². The van der Waals surface area contributed by atoms with Crippen molar-refractivity contribution in [2.75, 3.05) is 0 Å². The summed E-state index contributed by atoms with van der Waals surface area (Å²) >= 11 is 4.51. The van der Waals surface area contributed by atoms with Gasteiger partial charge in [-0.2, -0.15) is 0 Å². The van der Waals surface area contributed by atoms with Crippen LogP contribution in [0.4, 0.5) is 0 Å². The molecule has 4 aliphatic rings. The van der Waals surface area contributed by atoms with E-state index in [1.54, 1.807) is 0 Å². The number of carbonyl (C=O) groups is 6. The van der Waals surface area contributed by atoms with Crippen LogP contribution in [0.3, 0.4) is 0 Å². The first-order chi connectivity index (χ1) is 36.0. The van der Waals surface area contributed by atoms with E-state index in [-0.39, 0.29) is 48.8 Å². The zero-order valence-corrected chi connectivity index (χ0v) is 45.1. The number of esters is 2. The van der Waals surface area contributed by atoms with E-state index in [2.05, 4.69) is 13.8 Å². The number of rotatable bonds is 20. The molecule has 2 unspecified atom stereocenters. The summed E-state index contributed by atoms with van der Waals surface area (Å²) in [5.41, 5.74) is 3.23. The number of fused-ring (bicyclic) bond motifs is 2. The topological polar surface area (TPSA) is 134 Å². The fourth-order valence-corrected chi connectivity index (χ4v) is 14.7. The van der Waals surface area contributed by atoms with Gasteiger partial charge >= 0.3 is 11.9 Å². The van der Waals surface area contributed by atoms with Crippen molar-refractivity contribution in [3.63, 3.8) is 0 Å². The second-order valence-electron chi connectivity index (χ2n) is 18.4. The highest BCUT2D eigenvalue weighted by atomic mass is 32.2. The first kappa shape index (κ1) is 52.7. The third-order valence-corrected chi connectivity index (χ3v) is 18.6. The average molecular weight is 1070 g/mol. The summed E-state index contributed by atoms with van der Waals surface area (Å²) in [7, 11) is 0. The number of thioether (sulfide) groups is 4. The molecule has 74 heavy (non-hydrogen) atoms. The molecule has 2 fully saturated rings. The molecule has 2 atom stereocenters. The summed E-state index contributed by atoms with van der Waals surface area (Å²) in [6.07, 6.45) is 5.64. The van der Waals surface area contributed by atoms with Gasteiger partial charge in [-0.15, -0.1) is 0 Å². The predicted molar refractivity (Wildman–Crippen MR) is 290 cm³/mol. The number of hydrazine groups is 2. The first-order valence-electron chi connectivity index (χ1n) is 25.3. The quantitative estimate of drug-likeness (QED) is 0.0318. The van der Waals surface area contributed by atoms with Gasteiger partial charge in [0.15, 0.2) is 11.5 Å². The van der Waals surface area contributed by atoms with Gasteiger partial charge in [-0.25, -0.2) is 20.0 Å². The van der Waals surface area contributed by atoms with Crippen molar-refractivity contribution in [1.82, 2.24) is 20.0 Å². The molecule has 0 radical (unpaired) electrons. The summed E-state index contributed by atoms with van der Waals surface area (Å²) < 4.78 is 13.9. The number of ether oxygens (including phenoxy) is 2. The van der Waals surface area contributed by atoms with Gasteiger partial charge in [-0.1, -0.05) is 222 Å². The maximum atomic E-state index is 14.9. The zero-order valence-electron chi connectivity index (χ0n) is 41.9. The Labute approximate surface area is 449 Å². The molecule has 0 bridgehead atoms. The number of amides is 4. The summed E-state index contributed by atoms with van der Waals surface area (Å²) in [6, 6.07) is 37.9. The molecule has 2 saturated heterocycles. The molecule has 5 aromatic rings. The molecule has 5 aromatic carbocycles. The largest absolute Gasteiger partial charge is 0.424 e. The molecular formula is C58H58N4O8S4. The van der Waals surface area contributed by atoms with Crippen LogP contribution in [0.25, 0.3) is 0 Å². The normalized spacial score (nSPS) is 16.2. The van der Waals surface area contributed by atoms with Gasteiger partial charge in [-0.3, -0.25) is 28.8 Å². The van der Waals surface area contributed by atoms with Crippen LogP contribution in [0.15, 0.2) is 161 Å². The first-order valence-corrected chi connectivity index (χ1v) is 28.6. The minimum absolute atomic E-state index is 0.0520. The monoisotopic (exact) mass is 1070 g/mol. The lowest BCUT2D eigenvalue weighted by molar-refractivity contribution is -0.149. The highest BCUT2D eigenvalue weighted by molar-refractivity contribution is 8.26. The van der Waals surface area contributed by atoms with Crippen LogP contribution in [0.2, 0.25) is 0 Å². The Hall–Kier alpha value is -6.20. The fourth-order valence-electron chi connectivity index (χ4n) is 9.18. The highest BCUT2D eigenvalue weighted by Crippen LogP contribution is 2.69. The Morgan fingerprint density at radius 3 is 0.905 bits per heavy atom. The van der Waals surface area contributed by atoms with Gasteiger partial charge in [-0.05, 0) is 47.9 Å². The molecule has 9 rings (SSSR count). The van der Waals surface area contributed by atoms with Crippen molar-refractivity contribution in [3.05, 3.63) is 163 Å². The maximum absolute atomic E-state index is 14.9. The van der Waals surface area contributed by atoms with Crippen molar-refractivity contribution in [1.29, 1.82) is 0 Å². The molecule has 382 valence electrons. The lowest BCUT2D eigenvalue weighted by atomic mass is 10.00. The second kappa shape index (κ2) is 24.0. The van der Waals surface area contributed by atoms with Crippen molar-refractivity contribution in [2.24, 2.45) is 11.8 Å². The molecule has 0 spiro atoms. The molecule has 0 saturated carbocycles. The van der Waals surface area contributed by atoms with Crippen LogP contribution in [0, 0.1) is 11.8 Å². The van der Waals surface area contributed by atoms with Crippen LogP contribution in [0.5, 0.6) is 11.5 Å². The van der Waals surface area contributed by atoms with Crippen LogP contribution in [0.1, 0.15) is 101 Å². The van der Waals surface area contributed by atoms with Crippen LogP contribution in [-0.4, -0.2) is 55.6 Å². The molecule has 0 aliphatic carbocycles. The van der Waals surface area contributed by atoms with Crippen LogP contribution in [-0.2, 0) is 54.9 Å². The zero-order chi connectivity index (χ0) is 51.9. The Morgan fingerprint density at radius 2 is 0.676 bits per heavy atom. The SMILES string of the molecule is CCCCC(CC)C(=O)Oc1c2c(c(OC(=O)C(CC)CCCC)c3c1SC(=C1C(=O)N(Cc4ccccc4)N(Cc4ccccc4)C1=O)S3)SC(=C1C(=O)N(Cc3ccccc3)N(Cc3ccccc3)C1=O)S2. The highest BCUT2D eigenvalue weighted by Gasteiger charge is 2.49. The van der Waals surface area contributed by atoms with Crippen molar-refractivity contribution >= 4 is 82.6 Å². The Morgan fingerprint density at radius 1 is 0.419 bits per heavy atom.